The smallest absolute Gasteiger partial charge is 0.135 e. The van der Waals surface area contributed by atoms with Gasteiger partial charge in [-0.25, -0.2) is 4.98 Å². The summed E-state index contributed by atoms with van der Waals surface area (Å²) in [6.07, 6.45) is 1.93. The van der Waals surface area contributed by atoms with E-state index in [1.54, 1.807) is 0 Å². The van der Waals surface area contributed by atoms with E-state index in [0.29, 0.717) is 11.5 Å². The van der Waals surface area contributed by atoms with Crippen molar-refractivity contribution < 1.29 is 25.8 Å². The van der Waals surface area contributed by atoms with Crippen molar-refractivity contribution in [3.8, 4) is 28.4 Å². The van der Waals surface area contributed by atoms with Crippen LogP contribution in [0.1, 0.15) is 129 Å². The van der Waals surface area contributed by atoms with Crippen LogP contribution in [-0.2, 0) is 48.1 Å². The molecular formula is C72H71N4OPt-3. The molecule has 2 aromatic heterocycles. The molecule has 398 valence electrons. The molecule has 0 radical (unpaired) electrons. The fourth-order valence-electron chi connectivity index (χ4n) is 10.9. The number of ether oxygens (including phenoxy) is 1. The average Bonchev–Trinajstić information content (AvgIpc) is 4.19. The van der Waals surface area contributed by atoms with Gasteiger partial charge in [-0.15, -0.1) is 53.6 Å². The van der Waals surface area contributed by atoms with E-state index < -0.39 is 0 Å². The predicted molar refractivity (Wildman–Crippen MR) is 323 cm³/mol. The van der Waals surface area contributed by atoms with E-state index in [0.717, 1.165) is 61.5 Å². The Balaban J connectivity index is 0.00000688. The number of pyridine rings is 1. The molecule has 0 aliphatic carbocycles. The van der Waals surface area contributed by atoms with Gasteiger partial charge in [-0.05, 0) is 109 Å². The van der Waals surface area contributed by atoms with E-state index in [4.69, 9.17) is 9.72 Å². The fourth-order valence-corrected chi connectivity index (χ4v) is 10.9. The topological polar surface area (TPSA) is 33.5 Å². The molecule has 6 heteroatoms. The van der Waals surface area contributed by atoms with Gasteiger partial charge in [-0.1, -0.05) is 211 Å². The Bertz CT molecular complexity index is 3750. The molecule has 0 N–H and O–H groups in total. The SMILES string of the molecule is CC(C)(C)c1ccnc(-n2c3[c-]c(Oc4[c-]c(N5[CH-]N(c6cc(C(C)(C)c7ccccc7)cc(C(C)(C)c7ccccc7)c6)c6cc(C(C)(C)C)ccc65)cc(-c5ccccc5)c4)ccc3c3ccc(C(C)(C)C)cc32)c1.[Pt]. The Hall–Kier alpha value is -7.20. The molecule has 0 bridgehead atoms. The summed E-state index contributed by atoms with van der Waals surface area (Å²) >= 11 is 0. The summed E-state index contributed by atoms with van der Waals surface area (Å²) in [6, 6.07) is 73.8. The van der Waals surface area contributed by atoms with Crippen LogP contribution in [0.25, 0.3) is 38.8 Å². The quantitative estimate of drug-likeness (QED) is 0.128. The first-order valence-corrected chi connectivity index (χ1v) is 27.2. The Morgan fingerprint density at radius 3 is 1.58 bits per heavy atom. The van der Waals surface area contributed by atoms with Crippen molar-refractivity contribution in [2.45, 2.75) is 117 Å². The van der Waals surface area contributed by atoms with E-state index in [2.05, 4.69) is 299 Å². The molecule has 0 saturated carbocycles. The molecule has 3 heterocycles. The van der Waals surface area contributed by atoms with Crippen LogP contribution in [0.2, 0.25) is 0 Å². The molecule has 0 fully saturated rings. The number of anilines is 4. The molecule has 78 heavy (non-hydrogen) atoms. The molecule has 0 atom stereocenters. The minimum absolute atomic E-state index is 0. The van der Waals surface area contributed by atoms with Gasteiger partial charge in [0.15, 0.2) is 0 Å². The van der Waals surface area contributed by atoms with Crippen molar-refractivity contribution in [1.29, 1.82) is 0 Å². The second-order valence-corrected chi connectivity index (χ2v) is 25.2. The Labute approximate surface area is 478 Å². The van der Waals surface area contributed by atoms with Gasteiger partial charge in [0, 0.05) is 72.2 Å². The number of hydrogen-bond donors (Lipinski definition) is 0. The third-order valence-corrected chi connectivity index (χ3v) is 16.0. The average molecular weight is 1200 g/mol. The van der Waals surface area contributed by atoms with E-state index in [-0.39, 0.29) is 48.1 Å². The first-order chi connectivity index (χ1) is 36.5. The minimum Gasteiger partial charge on any atom is -0.509 e. The molecule has 11 rings (SSSR count). The van der Waals surface area contributed by atoms with Gasteiger partial charge < -0.3 is 19.1 Å². The first-order valence-electron chi connectivity index (χ1n) is 27.2. The normalized spacial score (nSPS) is 13.2. The van der Waals surface area contributed by atoms with Crippen molar-refractivity contribution in [3.05, 3.63) is 246 Å². The van der Waals surface area contributed by atoms with Crippen LogP contribution >= 0.6 is 0 Å². The summed E-state index contributed by atoms with van der Waals surface area (Å²) in [5.41, 5.74) is 16.1. The molecule has 8 aromatic carbocycles. The maximum atomic E-state index is 7.05. The van der Waals surface area contributed by atoms with E-state index >= 15 is 0 Å². The van der Waals surface area contributed by atoms with Crippen molar-refractivity contribution >= 4 is 44.6 Å². The molecule has 0 unspecified atom stereocenters. The number of benzene rings is 8. The third kappa shape index (κ3) is 10.2. The van der Waals surface area contributed by atoms with Crippen LogP contribution < -0.4 is 14.5 Å². The predicted octanol–water partition coefficient (Wildman–Crippen LogP) is 19.2. The molecule has 0 amide bonds. The standard InChI is InChI=1S/C72H71N4O.Pt/c1-68(2,3)52-29-32-61-62-33-31-59(46-65(62)76(64(61)42-52)67-44-54(35-36-73-67)70(7,8)9)77-60-38-49(48-23-17-14-18-24-48)37-57(45-60)74-47-75(66-43-53(69(4,5)6)30-34-63(66)74)58-40-55(71(10,11)50-25-19-15-20-26-50)39-56(41-58)72(12,13)51-27-21-16-22-28-51;/h14-44,47H,1-13H3;/q-3;. The van der Waals surface area contributed by atoms with Crippen LogP contribution in [0.4, 0.5) is 22.7 Å². The fraction of sp³-hybridized carbons (Fsp3) is 0.250. The molecule has 0 spiro atoms. The number of nitrogens with zero attached hydrogens (tertiary/aromatic N) is 4. The van der Waals surface area contributed by atoms with Crippen LogP contribution in [0.3, 0.4) is 0 Å². The van der Waals surface area contributed by atoms with Crippen LogP contribution in [0, 0.1) is 18.8 Å². The number of rotatable bonds is 10. The van der Waals surface area contributed by atoms with Crippen molar-refractivity contribution in [2.75, 3.05) is 9.80 Å². The Morgan fingerprint density at radius 1 is 0.423 bits per heavy atom. The van der Waals surface area contributed by atoms with E-state index in [1.807, 2.05) is 12.3 Å². The number of hydrogen-bond acceptors (Lipinski definition) is 4. The summed E-state index contributed by atoms with van der Waals surface area (Å²) in [6.45, 7) is 32.0. The summed E-state index contributed by atoms with van der Waals surface area (Å²) in [5, 5.41) is 2.23. The molecule has 10 aromatic rings. The minimum atomic E-state index is -0.297. The molecule has 5 nitrogen and oxygen atoms in total. The molecular weight excluding hydrogens is 1130 g/mol. The summed E-state index contributed by atoms with van der Waals surface area (Å²) in [5.74, 6) is 2.02. The summed E-state index contributed by atoms with van der Waals surface area (Å²) in [7, 11) is 0. The zero-order valence-corrected chi connectivity index (χ0v) is 49.8. The van der Waals surface area contributed by atoms with Gasteiger partial charge >= 0.3 is 0 Å². The van der Waals surface area contributed by atoms with Crippen molar-refractivity contribution in [2.24, 2.45) is 0 Å². The van der Waals surface area contributed by atoms with Crippen molar-refractivity contribution in [1.82, 2.24) is 9.55 Å². The van der Waals surface area contributed by atoms with Crippen molar-refractivity contribution in [3.63, 3.8) is 0 Å². The number of aromatic nitrogens is 2. The van der Waals surface area contributed by atoms with Gasteiger partial charge in [-0.2, -0.15) is 6.07 Å². The van der Waals surface area contributed by atoms with Gasteiger partial charge in [0.1, 0.15) is 5.82 Å². The first kappa shape index (κ1) is 54.2. The maximum absolute atomic E-state index is 7.05. The number of fused-ring (bicyclic) bond motifs is 4. The second kappa shape index (κ2) is 20.2. The van der Waals surface area contributed by atoms with Crippen LogP contribution in [0.15, 0.2) is 188 Å². The van der Waals surface area contributed by atoms with E-state index in [1.165, 1.54) is 38.9 Å². The molecule has 0 saturated heterocycles. The zero-order valence-electron chi connectivity index (χ0n) is 47.5. The summed E-state index contributed by atoms with van der Waals surface area (Å²) in [4.78, 5) is 9.68. The van der Waals surface area contributed by atoms with Gasteiger partial charge in [0.2, 0.25) is 0 Å². The Kier molecular flexibility index (Phi) is 14.0. The van der Waals surface area contributed by atoms with Gasteiger partial charge in [0.25, 0.3) is 0 Å². The monoisotopic (exact) mass is 1200 g/mol. The van der Waals surface area contributed by atoms with E-state index in [9.17, 15) is 0 Å². The zero-order chi connectivity index (χ0) is 54.2. The maximum Gasteiger partial charge on any atom is 0.135 e. The molecule has 1 aliphatic rings. The second-order valence-electron chi connectivity index (χ2n) is 25.2. The van der Waals surface area contributed by atoms with Gasteiger partial charge in [-0.3, -0.25) is 0 Å². The summed E-state index contributed by atoms with van der Waals surface area (Å²) < 4.78 is 9.31. The third-order valence-electron chi connectivity index (χ3n) is 16.0. The largest absolute Gasteiger partial charge is 0.509 e. The van der Waals surface area contributed by atoms with Gasteiger partial charge in [0.05, 0.1) is 0 Å². The Morgan fingerprint density at radius 2 is 0.974 bits per heavy atom. The molecule has 1 aliphatic heterocycles. The van der Waals surface area contributed by atoms with Crippen LogP contribution in [0.5, 0.6) is 11.5 Å². The van der Waals surface area contributed by atoms with Crippen LogP contribution in [-0.4, -0.2) is 9.55 Å².